The van der Waals surface area contributed by atoms with Crippen LogP contribution in [0.2, 0.25) is 0 Å². The van der Waals surface area contributed by atoms with Crippen molar-refractivity contribution in [1.82, 2.24) is 4.90 Å². The molecule has 27 heavy (non-hydrogen) atoms. The van der Waals surface area contributed by atoms with E-state index in [9.17, 15) is 18.8 Å². The van der Waals surface area contributed by atoms with E-state index < -0.39 is 23.6 Å². The zero-order chi connectivity index (χ0) is 19.6. The Kier molecular flexibility index (Phi) is 5.36. The highest BCUT2D eigenvalue weighted by molar-refractivity contribution is 7.08. The monoisotopic (exact) mass is 388 g/mol. The Balaban J connectivity index is 2.01. The molecule has 0 saturated heterocycles. The zero-order valence-corrected chi connectivity index (χ0v) is 15.6. The number of hydrogen-bond donors (Lipinski definition) is 0. The van der Waals surface area contributed by atoms with Crippen LogP contribution in [0.4, 0.5) is 10.1 Å². The van der Waals surface area contributed by atoms with Gasteiger partial charge in [-0.3, -0.25) is 9.59 Å². The number of imide groups is 1. The van der Waals surface area contributed by atoms with Crippen molar-refractivity contribution in [3.63, 3.8) is 0 Å². The lowest BCUT2D eigenvalue weighted by Gasteiger charge is -2.22. The number of amides is 2. The number of anilines is 1. The molecule has 1 aromatic carbocycles. The summed E-state index contributed by atoms with van der Waals surface area (Å²) in [5, 5.41) is 3.31. The van der Waals surface area contributed by atoms with Crippen LogP contribution in [0, 0.1) is 5.82 Å². The van der Waals surface area contributed by atoms with Gasteiger partial charge in [-0.15, -0.1) is 0 Å². The van der Waals surface area contributed by atoms with Gasteiger partial charge in [0.25, 0.3) is 5.91 Å². The summed E-state index contributed by atoms with van der Waals surface area (Å²) >= 11 is 1.32. The van der Waals surface area contributed by atoms with Gasteiger partial charge in [0.15, 0.2) is 5.70 Å². The normalized spacial score (nSPS) is 14.1. The topological polar surface area (TPSA) is 66.9 Å². The van der Waals surface area contributed by atoms with Crippen molar-refractivity contribution in [2.24, 2.45) is 0 Å². The van der Waals surface area contributed by atoms with Gasteiger partial charge in [-0.25, -0.2) is 14.1 Å². The first-order valence-corrected chi connectivity index (χ1v) is 9.30. The van der Waals surface area contributed by atoms with E-state index in [0.29, 0.717) is 18.7 Å². The third-order valence-corrected chi connectivity index (χ3v) is 4.82. The Bertz CT molecular complexity index is 902. The number of rotatable bonds is 6. The SMILES string of the molecule is CCN(CC)C1=C(OC(=O)c2ccsc2)C(=O)N(c2ccc(F)cc2)C1=O. The van der Waals surface area contributed by atoms with Gasteiger partial charge in [-0.05, 0) is 49.6 Å². The van der Waals surface area contributed by atoms with Crippen molar-refractivity contribution in [2.45, 2.75) is 13.8 Å². The largest absolute Gasteiger partial charge is 0.414 e. The van der Waals surface area contributed by atoms with Crippen LogP contribution < -0.4 is 4.90 Å². The van der Waals surface area contributed by atoms with Crippen LogP contribution in [0.15, 0.2) is 52.5 Å². The molecular weight excluding hydrogens is 371 g/mol. The van der Waals surface area contributed by atoms with Crippen LogP contribution in [0.3, 0.4) is 0 Å². The molecule has 2 aromatic rings. The molecule has 0 saturated carbocycles. The van der Waals surface area contributed by atoms with E-state index in [2.05, 4.69) is 0 Å². The van der Waals surface area contributed by atoms with Crippen LogP contribution in [0.25, 0.3) is 0 Å². The molecule has 2 heterocycles. The molecule has 1 aliphatic rings. The number of nitrogens with zero attached hydrogens (tertiary/aromatic N) is 2. The lowest BCUT2D eigenvalue weighted by atomic mass is 10.3. The number of carbonyl (C=O) groups excluding carboxylic acids is 3. The molecule has 8 heteroatoms. The molecule has 0 bridgehead atoms. The molecule has 140 valence electrons. The smallest absolute Gasteiger partial charge is 0.344 e. The van der Waals surface area contributed by atoms with E-state index in [1.165, 1.54) is 23.5 Å². The Morgan fingerprint density at radius 2 is 1.78 bits per heavy atom. The molecule has 3 rings (SSSR count). The van der Waals surface area contributed by atoms with E-state index in [1.54, 1.807) is 21.7 Å². The van der Waals surface area contributed by atoms with Gasteiger partial charge in [0, 0.05) is 18.5 Å². The number of thiophene rings is 1. The van der Waals surface area contributed by atoms with Crippen molar-refractivity contribution in [3.8, 4) is 0 Å². The van der Waals surface area contributed by atoms with E-state index in [0.717, 1.165) is 17.0 Å². The summed E-state index contributed by atoms with van der Waals surface area (Å²) in [5.74, 6) is -2.87. The predicted octanol–water partition coefficient (Wildman–Crippen LogP) is 3.17. The fourth-order valence-corrected chi connectivity index (χ4v) is 3.39. The molecule has 2 amide bonds. The summed E-state index contributed by atoms with van der Waals surface area (Å²) in [4.78, 5) is 40.8. The summed E-state index contributed by atoms with van der Waals surface area (Å²) in [6, 6.07) is 6.54. The number of hydrogen-bond acceptors (Lipinski definition) is 6. The first kappa shape index (κ1) is 18.8. The van der Waals surface area contributed by atoms with Crippen molar-refractivity contribution in [1.29, 1.82) is 0 Å². The molecule has 1 aromatic heterocycles. The Labute approximate surface area is 159 Å². The molecule has 0 radical (unpaired) electrons. The van der Waals surface area contributed by atoms with E-state index in [1.807, 2.05) is 13.8 Å². The fraction of sp³-hybridized carbons (Fsp3) is 0.211. The number of ether oxygens (including phenoxy) is 1. The first-order chi connectivity index (χ1) is 13.0. The second kappa shape index (κ2) is 7.71. The summed E-state index contributed by atoms with van der Waals surface area (Å²) in [7, 11) is 0. The van der Waals surface area contributed by atoms with Gasteiger partial charge in [0.2, 0.25) is 5.76 Å². The van der Waals surface area contributed by atoms with Crippen LogP contribution >= 0.6 is 11.3 Å². The highest BCUT2D eigenvalue weighted by Crippen LogP contribution is 2.30. The minimum atomic E-state index is -0.753. The number of carbonyl (C=O) groups is 3. The van der Waals surface area contributed by atoms with Crippen LogP contribution in [-0.2, 0) is 14.3 Å². The number of benzene rings is 1. The van der Waals surface area contributed by atoms with Crippen molar-refractivity contribution < 1.29 is 23.5 Å². The molecule has 0 spiro atoms. The Morgan fingerprint density at radius 3 is 2.33 bits per heavy atom. The van der Waals surface area contributed by atoms with Gasteiger partial charge >= 0.3 is 11.9 Å². The standard InChI is InChI=1S/C19H17FN2O4S/c1-3-21(4-2)15-16(26-19(25)12-9-10-27-11-12)18(24)22(17(15)23)14-7-5-13(20)6-8-14/h5-11H,3-4H2,1-2H3. The van der Waals surface area contributed by atoms with E-state index >= 15 is 0 Å². The first-order valence-electron chi connectivity index (χ1n) is 8.35. The zero-order valence-electron chi connectivity index (χ0n) is 14.8. The average molecular weight is 388 g/mol. The molecular formula is C19H17FN2O4S. The lowest BCUT2D eigenvalue weighted by Crippen LogP contribution is -2.35. The molecule has 6 nitrogen and oxygen atoms in total. The number of likely N-dealkylation sites (N-methyl/N-ethyl adjacent to an activating group) is 1. The average Bonchev–Trinajstić information content (AvgIpc) is 3.27. The van der Waals surface area contributed by atoms with Crippen molar-refractivity contribution in [2.75, 3.05) is 18.0 Å². The quantitative estimate of drug-likeness (QED) is 0.562. The number of esters is 1. The molecule has 0 N–H and O–H groups in total. The van der Waals surface area contributed by atoms with Crippen LogP contribution in [0.5, 0.6) is 0 Å². The highest BCUT2D eigenvalue weighted by Gasteiger charge is 2.44. The molecule has 0 atom stereocenters. The maximum absolute atomic E-state index is 13.2. The summed E-state index contributed by atoms with van der Waals surface area (Å²) < 4.78 is 18.5. The predicted molar refractivity (Wildman–Crippen MR) is 98.6 cm³/mol. The Morgan fingerprint density at radius 1 is 1.11 bits per heavy atom. The third kappa shape index (κ3) is 3.48. The summed E-state index contributed by atoms with van der Waals surface area (Å²) in [5.41, 5.74) is 0.530. The minimum Gasteiger partial charge on any atom is -0.414 e. The minimum absolute atomic E-state index is 0.0258. The highest BCUT2D eigenvalue weighted by atomic mass is 32.1. The van der Waals surface area contributed by atoms with Gasteiger partial charge in [-0.1, -0.05) is 0 Å². The van der Waals surface area contributed by atoms with Gasteiger partial charge in [-0.2, -0.15) is 11.3 Å². The van der Waals surface area contributed by atoms with Gasteiger partial charge < -0.3 is 9.64 Å². The van der Waals surface area contributed by atoms with Gasteiger partial charge in [0.05, 0.1) is 11.3 Å². The summed E-state index contributed by atoms with van der Waals surface area (Å²) in [6.07, 6.45) is 0. The van der Waals surface area contributed by atoms with Crippen LogP contribution in [0.1, 0.15) is 24.2 Å². The molecule has 0 fully saturated rings. The van der Waals surface area contributed by atoms with E-state index in [-0.39, 0.29) is 17.1 Å². The maximum atomic E-state index is 13.2. The molecule has 1 aliphatic heterocycles. The number of halogens is 1. The van der Waals surface area contributed by atoms with E-state index in [4.69, 9.17) is 4.74 Å². The second-order valence-corrected chi connectivity index (χ2v) is 6.45. The Hall–Kier alpha value is -3.00. The van der Waals surface area contributed by atoms with Gasteiger partial charge in [0.1, 0.15) is 5.82 Å². The lowest BCUT2D eigenvalue weighted by molar-refractivity contribution is -0.122. The maximum Gasteiger partial charge on any atom is 0.344 e. The van der Waals surface area contributed by atoms with Crippen molar-refractivity contribution >= 4 is 34.8 Å². The van der Waals surface area contributed by atoms with Crippen molar-refractivity contribution in [3.05, 3.63) is 63.9 Å². The molecule has 0 aliphatic carbocycles. The molecule has 0 unspecified atom stereocenters. The second-order valence-electron chi connectivity index (χ2n) is 5.67. The third-order valence-electron chi connectivity index (χ3n) is 4.13. The van der Waals surface area contributed by atoms with Crippen LogP contribution in [-0.4, -0.2) is 35.8 Å². The summed E-state index contributed by atoms with van der Waals surface area (Å²) in [6.45, 7) is 4.55. The fourth-order valence-electron chi connectivity index (χ4n) is 2.77.